The lowest BCUT2D eigenvalue weighted by atomic mass is 10.1. The number of benzene rings is 2. The molecule has 0 aromatic heterocycles. The van der Waals surface area contributed by atoms with Gasteiger partial charge in [0.05, 0.1) is 11.4 Å². The second-order valence-corrected chi connectivity index (χ2v) is 9.49. The number of carbonyl (C=O) groups is 1. The number of hydrogen-bond donors (Lipinski definition) is 0. The Kier molecular flexibility index (Phi) is 6.45. The maximum absolute atomic E-state index is 13.0. The molecule has 0 radical (unpaired) electrons. The van der Waals surface area contributed by atoms with Gasteiger partial charge < -0.3 is 9.80 Å². The van der Waals surface area contributed by atoms with Crippen molar-refractivity contribution in [2.45, 2.75) is 11.8 Å². The molecule has 0 bridgehead atoms. The van der Waals surface area contributed by atoms with Crippen molar-refractivity contribution in [1.29, 1.82) is 0 Å². The van der Waals surface area contributed by atoms with Gasteiger partial charge in [-0.2, -0.15) is 4.31 Å². The molecule has 156 valence electrons. The molecule has 1 heterocycles. The predicted octanol–water partition coefficient (Wildman–Crippen LogP) is 2.76. The number of halogens is 2. The first-order chi connectivity index (χ1) is 13.7. The molecule has 0 atom stereocenters. The Morgan fingerprint density at radius 1 is 1.10 bits per heavy atom. The van der Waals surface area contributed by atoms with Gasteiger partial charge in [-0.1, -0.05) is 17.7 Å². The third kappa shape index (κ3) is 4.88. The van der Waals surface area contributed by atoms with E-state index >= 15 is 0 Å². The Labute approximate surface area is 175 Å². The van der Waals surface area contributed by atoms with Crippen LogP contribution in [0.1, 0.15) is 5.56 Å². The second kappa shape index (κ2) is 8.69. The summed E-state index contributed by atoms with van der Waals surface area (Å²) in [6, 6.07) is 10.3. The van der Waals surface area contributed by atoms with Gasteiger partial charge in [0.25, 0.3) is 0 Å². The van der Waals surface area contributed by atoms with Crippen LogP contribution in [0.25, 0.3) is 0 Å². The van der Waals surface area contributed by atoms with Crippen LogP contribution in [0, 0.1) is 12.7 Å². The minimum absolute atomic E-state index is 0.0459. The highest BCUT2D eigenvalue weighted by Crippen LogP contribution is 2.25. The average Bonchev–Trinajstić information content (AvgIpc) is 2.70. The van der Waals surface area contributed by atoms with Crippen LogP contribution in [0.5, 0.6) is 0 Å². The van der Waals surface area contributed by atoms with Gasteiger partial charge in [0.1, 0.15) is 5.82 Å². The van der Waals surface area contributed by atoms with E-state index in [1.165, 1.54) is 19.2 Å². The Hall–Kier alpha value is -2.16. The number of carbonyl (C=O) groups excluding carboxylic acids is 1. The summed E-state index contributed by atoms with van der Waals surface area (Å²) in [6.45, 7) is 4.02. The van der Waals surface area contributed by atoms with E-state index in [4.69, 9.17) is 11.6 Å². The van der Waals surface area contributed by atoms with Gasteiger partial charge >= 0.3 is 0 Å². The van der Waals surface area contributed by atoms with E-state index in [0.717, 1.165) is 27.7 Å². The molecule has 29 heavy (non-hydrogen) atoms. The molecule has 0 N–H and O–H groups in total. The second-order valence-electron chi connectivity index (χ2n) is 7.01. The van der Waals surface area contributed by atoms with Crippen LogP contribution >= 0.6 is 11.6 Å². The number of sulfonamides is 1. The molecular formula is C20H23ClFN3O3S. The lowest BCUT2D eigenvalue weighted by Gasteiger charge is -2.37. The highest BCUT2D eigenvalue weighted by atomic mass is 35.5. The topological polar surface area (TPSA) is 60.9 Å². The Morgan fingerprint density at radius 3 is 2.34 bits per heavy atom. The fourth-order valence-corrected chi connectivity index (χ4v) is 4.57. The summed E-state index contributed by atoms with van der Waals surface area (Å²) in [6.07, 6.45) is 0. The zero-order chi connectivity index (χ0) is 21.2. The number of anilines is 1. The summed E-state index contributed by atoms with van der Waals surface area (Å²) >= 11 is 6.10. The molecule has 3 rings (SSSR count). The first-order valence-electron chi connectivity index (χ1n) is 9.19. The molecule has 0 unspecified atom stereocenters. The lowest BCUT2D eigenvalue weighted by Crippen LogP contribution is -2.51. The van der Waals surface area contributed by atoms with Crippen molar-refractivity contribution < 1.29 is 17.6 Å². The summed E-state index contributed by atoms with van der Waals surface area (Å²) in [5, 5.41) is 0.664. The van der Waals surface area contributed by atoms with Gasteiger partial charge in [-0.15, -0.1) is 0 Å². The number of rotatable bonds is 5. The monoisotopic (exact) mass is 439 g/mol. The van der Waals surface area contributed by atoms with Gasteiger partial charge in [-0.3, -0.25) is 4.79 Å². The fraction of sp³-hybridized carbons (Fsp3) is 0.350. The third-order valence-corrected chi connectivity index (χ3v) is 7.08. The first-order valence-corrected chi connectivity index (χ1v) is 11.0. The minimum Gasteiger partial charge on any atom is -0.368 e. The van der Waals surface area contributed by atoms with Crippen molar-refractivity contribution in [3.63, 3.8) is 0 Å². The average molecular weight is 440 g/mol. The fourth-order valence-electron chi connectivity index (χ4n) is 3.28. The maximum Gasteiger partial charge on any atom is 0.243 e. The molecule has 1 aliphatic heterocycles. The molecule has 2 aromatic rings. The zero-order valence-electron chi connectivity index (χ0n) is 16.3. The SMILES string of the molecule is Cc1ccc(Cl)cc1N1CCN(C(=O)CN(C)S(=O)(=O)c2ccc(F)cc2)CC1. The first kappa shape index (κ1) is 21.5. The van der Waals surface area contributed by atoms with Crippen LogP contribution < -0.4 is 4.90 Å². The Bertz CT molecular complexity index is 991. The largest absolute Gasteiger partial charge is 0.368 e. The molecule has 2 aromatic carbocycles. The molecule has 1 amide bonds. The molecule has 1 saturated heterocycles. The van der Waals surface area contributed by atoms with E-state index in [0.29, 0.717) is 31.2 Å². The molecule has 0 saturated carbocycles. The number of aryl methyl sites for hydroxylation is 1. The molecule has 1 fully saturated rings. The quantitative estimate of drug-likeness (QED) is 0.718. The zero-order valence-corrected chi connectivity index (χ0v) is 17.9. The van der Waals surface area contributed by atoms with E-state index in [1.807, 2.05) is 25.1 Å². The maximum atomic E-state index is 13.0. The van der Waals surface area contributed by atoms with Crippen LogP contribution in [0.15, 0.2) is 47.4 Å². The van der Waals surface area contributed by atoms with E-state index < -0.39 is 15.8 Å². The van der Waals surface area contributed by atoms with E-state index in [2.05, 4.69) is 4.90 Å². The molecule has 6 nitrogen and oxygen atoms in total. The summed E-state index contributed by atoms with van der Waals surface area (Å²) in [4.78, 5) is 16.4. The lowest BCUT2D eigenvalue weighted by molar-refractivity contribution is -0.131. The standard InChI is InChI=1S/C20H23ClFN3O3S/c1-15-3-4-16(21)13-19(15)24-9-11-25(12-10-24)20(26)14-23(2)29(27,28)18-7-5-17(22)6-8-18/h3-8,13H,9-12,14H2,1-2H3. The Balaban J connectivity index is 1.60. The van der Waals surface area contributed by atoms with Gasteiger partial charge in [-0.25, -0.2) is 12.8 Å². The van der Waals surface area contributed by atoms with Gasteiger partial charge in [0, 0.05) is 43.9 Å². The molecule has 0 spiro atoms. The van der Waals surface area contributed by atoms with Crippen LogP contribution in [-0.4, -0.2) is 63.3 Å². The number of likely N-dealkylation sites (N-methyl/N-ethyl adjacent to an activating group) is 1. The number of hydrogen-bond acceptors (Lipinski definition) is 4. The molecule has 1 aliphatic rings. The predicted molar refractivity (Wildman–Crippen MR) is 111 cm³/mol. The minimum atomic E-state index is -3.86. The highest BCUT2D eigenvalue weighted by Gasteiger charge is 2.27. The van der Waals surface area contributed by atoms with Crippen LogP contribution in [0.4, 0.5) is 10.1 Å². The number of amides is 1. The van der Waals surface area contributed by atoms with Crippen molar-refractivity contribution in [3.05, 3.63) is 58.9 Å². The van der Waals surface area contributed by atoms with Crippen molar-refractivity contribution in [1.82, 2.24) is 9.21 Å². The molecule has 9 heteroatoms. The van der Waals surface area contributed by atoms with Crippen LogP contribution in [-0.2, 0) is 14.8 Å². The van der Waals surface area contributed by atoms with Gasteiger partial charge in [0.15, 0.2) is 0 Å². The summed E-state index contributed by atoms with van der Waals surface area (Å²) in [5.41, 5.74) is 2.15. The summed E-state index contributed by atoms with van der Waals surface area (Å²) < 4.78 is 39.2. The smallest absolute Gasteiger partial charge is 0.243 e. The molecular weight excluding hydrogens is 417 g/mol. The number of piperazine rings is 1. The van der Waals surface area contributed by atoms with Crippen LogP contribution in [0.3, 0.4) is 0 Å². The van der Waals surface area contributed by atoms with Gasteiger partial charge in [0.2, 0.25) is 15.9 Å². The summed E-state index contributed by atoms with van der Waals surface area (Å²) in [7, 11) is -2.51. The highest BCUT2D eigenvalue weighted by molar-refractivity contribution is 7.89. The van der Waals surface area contributed by atoms with Crippen molar-refractivity contribution in [3.8, 4) is 0 Å². The normalized spacial score (nSPS) is 15.1. The van der Waals surface area contributed by atoms with Crippen molar-refractivity contribution >= 4 is 33.2 Å². The van der Waals surface area contributed by atoms with E-state index in [9.17, 15) is 17.6 Å². The van der Waals surface area contributed by atoms with E-state index in [1.54, 1.807) is 4.90 Å². The van der Waals surface area contributed by atoms with Gasteiger partial charge in [-0.05, 0) is 48.9 Å². The van der Waals surface area contributed by atoms with Crippen molar-refractivity contribution in [2.24, 2.45) is 0 Å². The van der Waals surface area contributed by atoms with Crippen molar-refractivity contribution in [2.75, 3.05) is 44.7 Å². The molecule has 0 aliphatic carbocycles. The summed E-state index contributed by atoms with van der Waals surface area (Å²) in [5.74, 6) is -0.781. The van der Waals surface area contributed by atoms with E-state index in [-0.39, 0.29) is 17.3 Å². The van der Waals surface area contributed by atoms with Crippen LogP contribution in [0.2, 0.25) is 5.02 Å². The number of nitrogens with zero attached hydrogens (tertiary/aromatic N) is 3. The Morgan fingerprint density at radius 2 is 1.72 bits per heavy atom. The third-order valence-electron chi connectivity index (χ3n) is 5.02.